The molecule has 0 heterocycles. The molecule has 0 saturated carbocycles. The van der Waals surface area contributed by atoms with Crippen LogP contribution in [0.2, 0.25) is 0 Å². The highest BCUT2D eigenvalue weighted by Crippen LogP contribution is 2.10. The summed E-state index contributed by atoms with van der Waals surface area (Å²) in [5, 5.41) is 4.74. The summed E-state index contributed by atoms with van der Waals surface area (Å²) in [6, 6.07) is 6.64. The molecule has 2 N–H and O–H groups in total. The highest BCUT2D eigenvalue weighted by atomic mass is 35.5. The minimum Gasteiger partial charge on any atom is -0.352 e. The Bertz CT molecular complexity index is 401. The van der Waals surface area contributed by atoms with Gasteiger partial charge in [0.2, 0.25) is 5.91 Å². The maximum absolute atomic E-state index is 11.5. The number of hydrogen-bond donors (Lipinski definition) is 2. The van der Waals surface area contributed by atoms with Gasteiger partial charge >= 0.3 is 0 Å². The minimum atomic E-state index is -0.585. The van der Waals surface area contributed by atoms with Crippen molar-refractivity contribution in [2.75, 3.05) is 11.9 Å². The standard InChI is InChI=1S/C12H15ClN2O2/c1-3-14-12(17)9-4-6-10(7-5-9)15-11(16)8(2)13/h4-8H,3H2,1-2H3,(H,14,17)(H,15,16). The zero-order valence-electron chi connectivity index (χ0n) is 9.79. The van der Waals surface area contributed by atoms with Crippen LogP contribution in [0.5, 0.6) is 0 Å². The zero-order chi connectivity index (χ0) is 12.8. The first-order valence-electron chi connectivity index (χ1n) is 5.37. The molecule has 17 heavy (non-hydrogen) atoms. The molecule has 0 aliphatic carbocycles. The number of anilines is 1. The normalized spacial score (nSPS) is 11.7. The first-order chi connectivity index (χ1) is 8.04. The second-order valence-electron chi connectivity index (χ2n) is 3.54. The van der Waals surface area contributed by atoms with E-state index in [4.69, 9.17) is 11.6 Å². The average Bonchev–Trinajstić information content (AvgIpc) is 2.30. The highest BCUT2D eigenvalue weighted by molar-refractivity contribution is 6.32. The Morgan fingerprint density at radius 3 is 2.35 bits per heavy atom. The predicted molar refractivity (Wildman–Crippen MR) is 68.4 cm³/mol. The number of rotatable bonds is 4. The summed E-state index contributed by atoms with van der Waals surface area (Å²) in [4.78, 5) is 22.8. The summed E-state index contributed by atoms with van der Waals surface area (Å²) in [6.45, 7) is 4.04. The van der Waals surface area contributed by atoms with E-state index in [0.717, 1.165) is 0 Å². The molecule has 1 unspecified atom stereocenters. The number of carbonyl (C=O) groups is 2. The van der Waals surface area contributed by atoms with Crippen LogP contribution in [0, 0.1) is 0 Å². The first-order valence-corrected chi connectivity index (χ1v) is 5.81. The Morgan fingerprint density at radius 2 is 1.88 bits per heavy atom. The average molecular weight is 255 g/mol. The molecular weight excluding hydrogens is 240 g/mol. The van der Waals surface area contributed by atoms with Crippen molar-refractivity contribution in [3.63, 3.8) is 0 Å². The molecule has 0 bridgehead atoms. The van der Waals surface area contributed by atoms with Crippen molar-refractivity contribution in [2.24, 2.45) is 0 Å². The number of nitrogens with one attached hydrogen (secondary N) is 2. The molecule has 1 rings (SSSR count). The molecule has 1 aromatic rings. The van der Waals surface area contributed by atoms with Crippen LogP contribution in [-0.4, -0.2) is 23.7 Å². The van der Waals surface area contributed by atoms with Crippen LogP contribution < -0.4 is 10.6 Å². The predicted octanol–water partition coefficient (Wildman–Crippen LogP) is 2.00. The van der Waals surface area contributed by atoms with Crippen LogP contribution in [0.25, 0.3) is 0 Å². The largest absolute Gasteiger partial charge is 0.352 e. The van der Waals surface area contributed by atoms with Crippen molar-refractivity contribution >= 4 is 29.1 Å². The van der Waals surface area contributed by atoms with Crippen LogP contribution in [0.15, 0.2) is 24.3 Å². The van der Waals surface area contributed by atoms with E-state index < -0.39 is 5.38 Å². The van der Waals surface area contributed by atoms with Crippen molar-refractivity contribution in [3.05, 3.63) is 29.8 Å². The SMILES string of the molecule is CCNC(=O)c1ccc(NC(=O)C(C)Cl)cc1. The first kappa shape index (κ1) is 13.5. The third-order valence-electron chi connectivity index (χ3n) is 2.11. The lowest BCUT2D eigenvalue weighted by Crippen LogP contribution is -2.23. The van der Waals surface area contributed by atoms with Crippen LogP contribution in [0.1, 0.15) is 24.2 Å². The van der Waals surface area contributed by atoms with E-state index in [1.54, 1.807) is 31.2 Å². The Kier molecular flexibility index (Phi) is 4.97. The number of carbonyl (C=O) groups excluding carboxylic acids is 2. The third kappa shape index (κ3) is 4.07. The van der Waals surface area contributed by atoms with Crippen molar-refractivity contribution in [1.82, 2.24) is 5.32 Å². The van der Waals surface area contributed by atoms with Gasteiger partial charge < -0.3 is 10.6 Å². The number of halogens is 1. The fraction of sp³-hybridized carbons (Fsp3) is 0.333. The number of benzene rings is 1. The molecule has 2 amide bonds. The quantitative estimate of drug-likeness (QED) is 0.808. The third-order valence-corrected chi connectivity index (χ3v) is 2.31. The van der Waals surface area contributed by atoms with Crippen molar-refractivity contribution in [2.45, 2.75) is 19.2 Å². The topological polar surface area (TPSA) is 58.2 Å². The van der Waals surface area contributed by atoms with E-state index >= 15 is 0 Å². The highest BCUT2D eigenvalue weighted by Gasteiger charge is 2.09. The van der Waals surface area contributed by atoms with Gasteiger partial charge in [-0.25, -0.2) is 0 Å². The second-order valence-corrected chi connectivity index (χ2v) is 4.20. The van der Waals surface area contributed by atoms with E-state index in [0.29, 0.717) is 17.8 Å². The Hall–Kier alpha value is -1.55. The van der Waals surface area contributed by atoms with Gasteiger partial charge in [-0.05, 0) is 38.1 Å². The van der Waals surface area contributed by atoms with Gasteiger partial charge in [0.05, 0.1) is 0 Å². The van der Waals surface area contributed by atoms with E-state index in [1.165, 1.54) is 0 Å². The molecule has 0 fully saturated rings. The van der Waals surface area contributed by atoms with E-state index in [2.05, 4.69) is 10.6 Å². The maximum atomic E-state index is 11.5. The fourth-order valence-electron chi connectivity index (χ4n) is 1.21. The van der Waals surface area contributed by atoms with Gasteiger partial charge in [0.15, 0.2) is 0 Å². The summed E-state index contributed by atoms with van der Waals surface area (Å²) in [6.07, 6.45) is 0. The van der Waals surface area contributed by atoms with Crippen molar-refractivity contribution in [1.29, 1.82) is 0 Å². The summed E-state index contributed by atoms with van der Waals surface area (Å²) in [5.41, 5.74) is 1.18. The second kappa shape index (κ2) is 6.25. The molecule has 4 nitrogen and oxygen atoms in total. The molecular formula is C12H15ClN2O2. The molecule has 0 spiro atoms. The van der Waals surface area contributed by atoms with Gasteiger partial charge in [-0.2, -0.15) is 0 Å². The Morgan fingerprint density at radius 1 is 1.29 bits per heavy atom. The Labute approximate surface area is 105 Å². The molecule has 0 radical (unpaired) electrons. The molecule has 0 aromatic heterocycles. The number of alkyl halides is 1. The molecule has 0 aliphatic rings. The minimum absolute atomic E-state index is 0.129. The fourth-order valence-corrected chi connectivity index (χ4v) is 1.26. The molecule has 1 atom stereocenters. The maximum Gasteiger partial charge on any atom is 0.251 e. The van der Waals surface area contributed by atoms with Gasteiger partial charge in [-0.15, -0.1) is 11.6 Å². The van der Waals surface area contributed by atoms with Gasteiger partial charge in [-0.1, -0.05) is 0 Å². The summed E-state index contributed by atoms with van der Waals surface area (Å²) in [5.74, 6) is -0.395. The number of amides is 2. The lowest BCUT2D eigenvalue weighted by Gasteiger charge is -2.07. The molecule has 92 valence electrons. The smallest absolute Gasteiger partial charge is 0.251 e. The van der Waals surface area contributed by atoms with Gasteiger partial charge in [-0.3, -0.25) is 9.59 Å². The summed E-state index contributed by atoms with van der Waals surface area (Å²) in [7, 11) is 0. The van der Waals surface area contributed by atoms with Crippen molar-refractivity contribution < 1.29 is 9.59 Å². The van der Waals surface area contributed by atoms with Gasteiger partial charge in [0, 0.05) is 17.8 Å². The van der Waals surface area contributed by atoms with Crippen LogP contribution in [0.3, 0.4) is 0 Å². The monoisotopic (exact) mass is 254 g/mol. The summed E-state index contributed by atoms with van der Waals surface area (Å²) < 4.78 is 0. The Balaban J connectivity index is 2.68. The van der Waals surface area contributed by atoms with Crippen LogP contribution in [0.4, 0.5) is 5.69 Å². The number of hydrogen-bond acceptors (Lipinski definition) is 2. The van der Waals surface area contributed by atoms with Crippen molar-refractivity contribution in [3.8, 4) is 0 Å². The van der Waals surface area contributed by atoms with E-state index in [-0.39, 0.29) is 11.8 Å². The van der Waals surface area contributed by atoms with Gasteiger partial charge in [0.25, 0.3) is 5.91 Å². The van der Waals surface area contributed by atoms with Crippen LogP contribution in [-0.2, 0) is 4.79 Å². The van der Waals surface area contributed by atoms with E-state index in [9.17, 15) is 9.59 Å². The molecule has 5 heteroatoms. The van der Waals surface area contributed by atoms with E-state index in [1.807, 2.05) is 6.92 Å². The van der Waals surface area contributed by atoms with Gasteiger partial charge in [0.1, 0.15) is 5.38 Å². The zero-order valence-corrected chi connectivity index (χ0v) is 10.5. The molecule has 0 saturated heterocycles. The lowest BCUT2D eigenvalue weighted by molar-refractivity contribution is -0.115. The summed E-state index contributed by atoms with van der Waals surface area (Å²) >= 11 is 5.62. The van der Waals surface area contributed by atoms with Crippen LogP contribution >= 0.6 is 11.6 Å². The molecule has 0 aliphatic heterocycles. The lowest BCUT2D eigenvalue weighted by atomic mass is 10.2. The molecule has 1 aromatic carbocycles.